The largest absolute Gasteiger partial charge is 0.313 e. The van der Waals surface area contributed by atoms with Crippen molar-refractivity contribution in [1.29, 1.82) is 0 Å². The highest BCUT2D eigenvalue weighted by Gasteiger charge is 2.17. The first-order valence-corrected chi connectivity index (χ1v) is 9.20. The van der Waals surface area contributed by atoms with E-state index in [1.165, 1.54) is 83.5 Å². The Labute approximate surface area is 128 Å². The highest BCUT2D eigenvalue weighted by molar-refractivity contribution is 4.76. The Morgan fingerprint density at radius 2 is 0.800 bits per heavy atom. The van der Waals surface area contributed by atoms with Crippen molar-refractivity contribution in [3.8, 4) is 0 Å². The van der Waals surface area contributed by atoms with Gasteiger partial charge < -0.3 is 11.5 Å². The molecule has 0 rings (SSSR count). The van der Waals surface area contributed by atoms with Gasteiger partial charge in [0.25, 0.3) is 0 Å². The van der Waals surface area contributed by atoms with Crippen LogP contribution >= 0.6 is 0 Å². The minimum Gasteiger partial charge on any atom is -0.313 e. The van der Waals surface area contributed by atoms with Gasteiger partial charge in [-0.1, -0.05) is 97.3 Å². The zero-order chi connectivity index (χ0) is 15.1. The smallest absolute Gasteiger partial charge is 0.0636 e. The Bertz CT molecular complexity index is 190. The van der Waals surface area contributed by atoms with Gasteiger partial charge >= 0.3 is 0 Å². The van der Waals surface area contributed by atoms with Crippen LogP contribution in [0, 0.1) is 0 Å². The number of hydrogen-bond donors (Lipinski definition) is 2. The van der Waals surface area contributed by atoms with E-state index in [1.807, 2.05) is 0 Å². The first-order valence-electron chi connectivity index (χ1n) is 9.20. The lowest BCUT2D eigenvalue weighted by Crippen LogP contribution is -2.49. The summed E-state index contributed by atoms with van der Waals surface area (Å²) in [6, 6.07) is 0. The molecule has 2 nitrogen and oxygen atoms in total. The van der Waals surface area contributed by atoms with E-state index in [-0.39, 0.29) is 0 Å². The summed E-state index contributed by atoms with van der Waals surface area (Å²) in [5, 5.41) is 0. The number of hydrogen-bond acceptors (Lipinski definition) is 2. The van der Waals surface area contributed by atoms with Crippen LogP contribution in [0.25, 0.3) is 0 Å². The van der Waals surface area contributed by atoms with Gasteiger partial charge in [0.2, 0.25) is 0 Å². The lowest BCUT2D eigenvalue weighted by atomic mass is 9.96. The molecule has 0 amide bonds. The summed E-state index contributed by atoms with van der Waals surface area (Å²) < 4.78 is 0. The maximum Gasteiger partial charge on any atom is 0.0636 e. The van der Waals surface area contributed by atoms with Crippen LogP contribution < -0.4 is 11.5 Å². The molecule has 20 heavy (non-hydrogen) atoms. The van der Waals surface area contributed by atoms with Crippen LogP contribution in [0.4, 0.5) is 0 Å². The van der Waals surface area contributed by atoms with Gasteiger partial charge in [0.15, 0.2) is 0 Å². The summed E-state index contributed by atoms with van der Waals surface area (Å²) in [7, 11) is 0. The maximum atomic E-state index is 6.17. The van der Waals surface area contributed by atoms with Crippen molar-refractivity contribution < 1.29 is 0 Å². The maximum absolute atomic E-state index is 6.17. The number of unbranched alkanes of at least 4 members (excludes halogenated alkanes) is 11. The molecule has 122 valence electrons. The van der Waals surface area contributed by atoms with Crippen LogP contribution in [0.3, 0.4) is 0 Å². The second kappa shape index (κ2) is 13.9. The summed E-state index contributed by atoms with van der Waals surface area (Å²) in [5.41, 5.74) is 11.9. The summed E-state index contributed by atoms with van der Waals surface area (Å²) in [6.07, 6.45) is 19.3. The van der Waals surface area contributed by atoms with Crippen molar-refractivity contribution >= 4 is 0 Å². The average Bonchev–Trinajstić information content (AvgIpc) is 2.42. The van der Waals surface area contributed by atoms with E-state index in [2.05, 4.69) is 13.8 Å². The standard InChI is InChI=1S/C18H40N2/c1-3-5-7-9-10-11-12-13-15-17-18(19,20)16-14-8-6-4-2/h3-17,19-20H2,1-2H3. The van der Waals surface area contributed by atoms with Crippen LogP contribution in [-0.4, -0.2) is 5.66 Å². The van der Waals surface area contributed by atoms with Gasteiger partial charge in [-0.05, 0) is 12.8 Å². The molecule has 0 radical (unpaired) electrons. The van der Waals surface area contributed by atoms with E-state index < -0.39 is 5.66 Å². The molecule has 0 heterocycles. The van der Waals surface area contributed by atoms with Crippen LogP contribution in [0.1, 0.15) is 110 Å². The van der Waals surface area contributed by atoms with Gasteiger partial charge in [0.1, 0.15) is 0 Å². The van der Waals surface area contributed by atoms with Crippen molar-refractivity contribution in [3.63, 3.8) is 0 Å². The van der Waals surface area contributed by atoms with Gasteiger partial charge in [-0.2, -0.15) is 0 Å². The van der Waals surface area contributed by atoms with Crippen LogP contribution in [0.5, 0.6) is 0 Å². The minimum absolute atomic E-state index is 0.408. The molecule has 0 aliphatic carbocycles. The molecule has 0 aromatic heterocycles. The van der Waals surface area contributed by atoms with Gasteiger partial charge in [-0.15, -0.1) is 0 Å². The molecule has 0 aliphatic heterocycles. The molecule has 0 aromatic carbocycles. The SMILES string of the molecule is CCCCCCCCCCCC(N)(N)CCCCCC. The molecule has 0 saturated heterocycles. The minimum atomic E-state index is -0.408. The van der Waals surface area contributed by atoms with Crippen molar-refractivity contribution in [3.05, 3.63) is 0 Å². The summed E-state index contributed by atoms with van der Waals surface area (Å²) >= 11 is 0. The third-order valence-corrected chi connectivity index (χ3v) is 4.24. The Morgan fingerprint density at radius 1 is 0.500 bits per heavy atom. The van der Waals surface area contributed by atoms with E-state index in [9.17, 15) is 0 Å². The molecule has 0 atom stereocenters. The summed E-state index contributed by atoms with van der Waals surface area (Å²) in [5.74, 6) is 0. The Kier molecular flexibility index (Phi) is 13.8. The molecule has 0 aliphatic rings. The summed E-state index contributed by atoms with van der Waals surface area (Å²) in [4.78, 5) is 0. The van der Waals surface area contributed by atoms with Crippen molar-refractivity contribution in [2.24, 2.45) is 11.5 Å². The quantitative estimate of drug-likeness (QED) is 0.308. The van der Waals surface area contributed by atoms with E-state index in [0.29, 0.717) is 0 Å². The second-order valence-electron chi connectivity index (χ2n) is 6.62. The molecule has 0 unspecified atom stereocenters. The van der Waals surface area contributed by atoms with Crippen molar-refractivity contribution in [2.75, 3.05) is 0 Å². The van der Waals surface area contributed by atoms with Crippen LogP contribution in [0.2, 0.25) is 0 Å². The predicted molar refractivity (Wildman–Crippen MR) is 91.7 cm³/mol. The highest BCUT2D eigenvalue weighted by Crippen LogP contribution is 2.17. The van der Waals surface area contributed by atoms with Crippen molar-refractivity contribution in [1.82, 2.24) is 0 Å². The molecule has 0 bridgehead atoms. The average molecular weight is 285 g/mol. The van der Waals surface area contributed by atoms with E-state index in [0.717, 1.165) is 12.8 Å². The van der Waals surface area contributed by atoms with Gasteiger partial charge in [0.05, 0.1) is 5.66 Å². The molecule has 0 aromatic rings. The molecular weight excluding hydrogens is 244 g/mol. The zero-order valence-electron chi connectivity index (χ0n) is 14.3. The molecule has 2 heteroatoms. The van der Waals surface area contributed by atoms with E-state index >= 15 is 0 Å². The fraction of sp³-hybridized carbons (Fsp3) is 1.00. The van der Waals surface area contributed by atoms with Gasteiger partial charge in [-0.3, -0.25) is 0 Å². The second-order valence-corrected chi connectivity index (χ2v) is 6.62. The van der Waals surface area contributed by atoms with Gasteiger partial charge in [0, 0.05) is 0 Å². The monoisotopic (exact) mass is 284 g/mol. The third kappa shape index (κ3) is 14.3. The lowest BCUT2D eigenvalue weighted by Gasteiger charge is -2.24. The van der Waals surface area contributed by atoms with E-state index in [4.69, 9.17) is 11.5 Å². The highest BCUT2D eigenvalue weighted by atomic mass is 14.9. The number of nitrogens with two attached hydrogens (primary N) is 2. The van der Waals surface area contributed by atoms with Crippen LogP contribution in [-0.2, 0) is 0 Å². The first-order chi connectivity index (χ1) is 9.62. The number of rotatable bonds is 15. The van der Waals surface area contributed by atoms with Crippen LogP contribution in [0.15, 0.2) is 0 Å². The first kappa shape index (κ1) is 19.9. The molecule has 0 fully saturated rings. The van der Waals surface area contributed by atoms with E-state index in [1.54, 1.807) is 0 Å². The molecular formula is C18H40N2. The Morgan fingerprint density at radius 3 is 1.20 bits per heavy atom. The van der Waals surface area contributed by atoms with Crippen molar-refractivity contribution in [2.45, 2.75) is 116 Å². The summed E-state index contributed by atoms with van der Waals surface area (Å²) in [6.45, 7) is 4.51. The Balaban J connectivity index is 3.30. The fourth-order valence-electron chi connectivity index (χ4n) is 2.77. The fourth-order valence-corrected chi connectivity index (χ4v) is 2.77. The predicted octanol–water partition coefficient (Wildman–Crippen LogP) is 5.49. The third-order valence-electron chi connectivity index (χ3n) is 4.24. The molecule has 4 N–H and O–H groups in total. The zero-order valence-corrected chi connectivity index (χ0v) is 14.3. The topological polar surface area (TPSA) is 52.0 Å². The Hall–Kier alpha value is -0.0800. The lowest BCUT2D eigenvalue weighted by molar-refractivity contribution is 0.346. The molecule has 0 spiro atoms. The van der Waals surface area contributed by atoms with Gasteiger partial charge in [-0.25, -0.2) is 0 Å². The molecule has 0 saturated carbocycles. The normalized spacial score (nSPS) is 12.0.